The number of para-hydroxylation sites is 1. The van der Waals surface area contributed by atoms with Gasteiger partial charge in [0.05, 0.1) is 17.6 Å². The van der Waals surface area contributed by atoms with Gasteiger partial charge in [-0.15, -0.1) is 0 Å². The van der Waals surface area contributed by atoms with Crippen LogP contribution >= 0.6 is 0 Å². The number of hydrogen-bond acceptors (Lipinski definition) is 4. The molecule has 0 aliphatic carbocycles. The first-order valence-corrected chi connectivity index (χ1v) is 12.8. The van der Waals surface area contributed by atoms with Crippen LogP contribution in [-0.2, 0) is 11.3 Å². The Balaban J connectivity index is 1.18. The van der Waals surface area contributed by atoms with Crippen molar-refractivity contribution in [1.82, 2.24) is 29.7 Å². The monoisotopic (exact) mass is 496 g/mol. The largest absolute Gasteiger partial charge is 0.361 e. The molecule has 0 spiro atoms. The smallest absolute Gasteiger partial charge is 0.253 e. The minimum atomic E-state index is -0.0895. The van der Waals surface area contributed by atoms with Crippen LogP contribution in [0, 0.1) is 6.92 Å². The van der Waals surface area contributed by atoms with Crippen molar-refractivity contribution in [2.75, 3.05) is 19.6 Å². The fourth-order valence-corrected chi connectivity index (χ4v) is 4.93. The van der Waals surface area contributed by atoms with Crippen LogP contribution in [0.1, 0.15) is 52.5 Å². The highest BCUT2D eigenvalue weighted by molar-refractivity contribution is 5.96. The Hall–Kier alpha value is -4.20. The minimum absolute atomic E-state index is 0.0109. The predicted octanol–water partition coefficient (Wildman–Crippen LogP) is 4.31. The predicted molar refractivity (Wildman–Crippen MR) is 144 cm³/mol. The van der Waals surface area contributed by atoms with Gasteiger partial charge in [0, 0.05) is 73.4 Å². The molecule has 2 N–H and O–H groups in total. The van der Waals surface area contributed by atoms with E-state index in [0.717, 1.165) is 53.7 Å². The molecule has 4 aromatic rings. The lowest BCUT2D eigenvalue weighted by Gasteiger charge is -2.32. The number of nitrogens with one attached hydrogen (secondary N) is 2. The molecular weight excluding hydrogens is 464 g/mol. The van der Waals surface area contributed by atoms with Crippen molar-refractivity contribution >= 4 is 28.8 Å². The van der Waals surface area contributed by atoms with Crippen molar-refractivity contribution in [3.8, 4) is 0 Å². The maximum absolute atomic E-state index is 13.0. The summed E-state index contributed by atoms with van der Waals surface area (Å²) in [5, 5.41) is 4.14. The standard InChI is InChI=1S/C29H32N6O2/c1-21-7-9-25(29(37)31-13-4-15-34-18-14-30-20-34)28(33-21)22-11-16-35(17-12-22)27(36)10-8-23-19-32-26-6-3-2-5-24(23)26/h2-3,5-10,14,18-20,22,32H,4,11-13,15-17H2,1H3,(H,31,37). The van der Waals surface area contributed by atoms with E-state index in [1.54, 1.807) is 18.6 Å². The molecule has 8 heteroatoms. The Labute approximate surface area is 216 Å². The van der Waals surface area contributed by atoms with Crippen LogP contribution in [0.25, 0.3) is 17.0 Å². The van der Waals surface area contributed by atoms with Crippen molar-refractivity contribution < 1.29 is 9.59 Å². The summed E-state index contributed by atoms with van der Waals surface area (Å²) in [6.45, 7) is 4.62. The molecule has 0 saturated carbocycles. The summed E-state index contributed by atoms with van der Waals surface area (Å²) in [6.07, 6.45) is 13.3. The zero-order valence-electron chi connectivity index (χ0n) is 21.1. The normalized spacial score (nSPS) is 14.5. The molecule has 190 valence electrons. The number of rotatable bonds is 8. The van der Waals surface area contributed by atoms with Crippen LogP contribution in [0.4, 0.5) is 0 Å². The number of H-pyrrole nitrogens is 1. The van der Waals surface area contributed by atoms with Crippen molar-refractivity contribution in [2.24, 2.45) is 0 Å². The van der Waals surface area contributed by atoms with Gasteiger partial charge in [-0.25, -0.2) is 4.98 Å². The molecule has 4 heterocycles. The van der Waals surface area contributed by atoms with E-state index in [4.69, 9.17) is 4.98 Å². The first-order chi connectivity index (χ1) is 18.1. The van der Waals surface area contributed by atoms with Crippen molar-refractivity contribution in [2.45, 2.75) is 38.6 Å². The Bertz CT molecular complexity index is 1400. The fraction of sp³-hybridized carbons (Fsp3) is 0.310. The van der Waals surface area contributed by atoms with Gasteiger partial charge in [0.2, 0.25) is 5.91 Å². The second-order valence-electron chi connectivity index (χ2n) is 9.52. The molecule has 1 aliphatic rings. The molecule has 37 heavy (non-hydrogen) atoms. The average molecular weight is 497 g/mol. The highest BCUT2D eigenvalue weighted by atomic mass is 16.2. The van der Waals surface area contributed by atoms with Crippen molar-refractivity contribution in [3.63, 3.8) is 0 Å². The third-order valence-corrected chi connectivity index (χ3v) is 6.97. The summed E-state index contributed by atoms with van der Waals surface area (Å²) in [7, 11) is 0. The van der Waals surface area contributed by atoms with Crippen LogP contribution in [0.15, 0.2) is 67.4 Å². The molecule has 0 bridgehead atoms. The molecular formula is C29H32N6O2. The van der Waals surface area contributed by atoms with Gasteiger partial charge in [-0.05, 0) is 56.0 Å². The molecule has 2 amide bonds. The number of hydrogen-bond donors (Lipinski definition) is 2. The molecule has 1 fully saturated rings. The van der Waals surface area contributed by atoms with E-state index in [0.29, 0.717) is 25.2 Å². The number of fused-ring (bicyclic) bond motifs is 1. The number of pyridine rings is 1. The van der Waals surface area contributed by atoms with E-state index in [1.165, 1.54) is 0 Å². The summed E-state index contributed by atoms with van der Waals surface area (Å²) in [4.78, 5) is 39.8. The lowest BCUT2D eigenvalue weighted by Crippen LogP contribution is -2.37. The van der Waals surface area contributed by atoms with Crippen LogP contribution in [0.3, 0.4) is 0 Å². The summed E-state index contributed by atoms with van der Waals surface area (Å²) < 4.78 is 2.00. The molecule has 0 unspecified atom stereocenters. The number of aromatic amines is 1. The number of carbonyl (C=O) groups excluding carboxylic acids is 2. The molecule has 0 atom stereocenters. The van der Waals surface area contributed by atoms with Crippen LogP contribution < -0.4 is 5.32 Å². The van der Waals surface area contributed by atoms with Gasteiger partial charge in [0.15, 0.2) is 0 Å². The number of imidazole rings is 1. The summed E-state index contributed by atoms with van der Waals surface area (Å²) in [5.74, 6) is 0.0679. The molecule has 1 aliphatic heterocycles. The third-order valence-electron chi connectivity index (χ3n) is 6.97. The van der Waals surface area contributed by atoms with Crippen LogP contribution in [-0.4, -0.2) is 55.9 Å². The van der Waals surface area contributed by atoms with Gasteiger partial charge >= 0.3 is 0 Å². The molecule has 1 aromatic carbocycles. The van der Waals surface area contributed by atoms with Gasteiger partial charge in [-0.2, -0.15) is 0 Å². The van der Waals surface area contributed by atoms with Crippen molar-refractivity contribution in [3.05, 3.63) is 89.9 Å². The molecule has 0 radical (unpaired) electrons. The Kier molecular flexibility index (Phi) is 7.44. The summed E-state index contributed by atoms with van der Waals surface area (Å²) >= 11 is 0. The maximum atomic E-state index is 13.0. The molecule has 3 aromatic heterocycles. The molecule has 1 saturated heterocycles. The Morgan fingerprint density at radius 2 is 2.00 bits per heavy atom. The van der Waals surface area contributed by atoms with Crippen LogP contribution in [0.5, 0.6) is 0 Å². The number of amides is 2. The van der Waals surface area contributed by atoms with Crippen LogP contribution in [0.2, 0.25) is 0 Å². The fourth-order valence-electron chi connectivity index (χ4n) is 4.93. The third kappa shape index (κ3) is 5.80. The van der Waals surface area contributed by atoms with E-state index in [9.17, 15) is 9.59 Å². The SMILES string of the molecule is Cc1ccc(C(=O)NCCCn2ccnc2)c(C2CCN(C(=O)C=Cc3c[nH]c4ccccc34)CC2)n1. The first kappa shape index (κ1) is 24.5. The zero-order chi connectivity index (χ0) is 25.6. The number of aryl methyl sites for hydroxylation is 2. The van der Waals surface area contributed by atoms with E-state index < -0.39 is 0 Å². The van der Waals surface area contributed by atoms with E-state index >= 15 is 0 Å². The maximum Gasteiger partial charge on any atom is 0.253 e. The summed E-state index contributed by atoms with van der Waals surface area (Å²) in [6, 6.07) is 11.8. The van der Waals surface area contributed by atoms with Crippen molar-refractivity contribution in [1.29, 1.82) is 0 Å². The quantitative estimate of drug-likeness (QED) is 0.281. The summed E-state index contributed by atoms with van der Waals surface area (Å²) in [5.41, 5.74) is 4.43. The molecule has 8 nitrogen and oxygen atoms in total. The number of aromatic nitrogens is 4. The number of carbonyl (C=O) groups is 2. The van der Waals surface area contributed by atoms with Gasteiger partial charge in [0.1, 0.15) is 0 Å². The number of nitrogens with zero attached hydrogens (tertiary/aromatic N) is 4. The van der Waals surface area contributed by atoms with Gasteiger partial charge in [-0.3, -0.25) is 14.6 Å². The lowest BCUT2D eigenvalue weighted by molar-refractivity contribution is -0.127. The lowest BCUT2D eigenvalue weighted by atomic mass is 9.89. The second kappa shape index (κ2) is 11.2. The number of piperidine rings is 1. The highest BCUT2D eigenvalue weighted by Crippen LogP contribution is 2.30. The van der Waals surface area contributed by atoms with Gasteiger partial charge in [0.25, 0.3) is 5.91 Å². The van der Waals surface area contributed by atoms with E-state index in [2.05, 4.69) is 15.3 Å². The number of benzene rings is 1. The zero-order valence-corrected chi connectivity index (χ0v) is 21.1. The highest BCUT2D eigenvalue weighted by Gasteiger charge is 2.27. The topological polar surface area (TPSA) is 95.9 Å². The van der Waals surface area contributed by atoms with Gasteiger partial charge < -0.3 is 19.8 Å². The van der Waals surface area contributed by atoms with Gasteiger partial charge in [-0.1, -0.05) is 18.2 Å². The Morgan fingerprint density at radius 1 is 1.16 bits per heavy atom. The minimum Gasteiger partial charge on any atom is -0.361 e. The average Bonchev–Trinajstić information content (AvgIpc) is 3.60. The second-order valence-corrected chi connectivity index (χ2v) is 9.52. The molecule has 5 rings (SSSR count). The van der Waals surface area contributed by atoms with E-state index in [1.807, 2.05) is 71.3 Å². The Morgan fingerprint density at radius 3 is 2.81 bits per heavy atom. The first-order valence-electron chi connectivity index (χ1n) is 12.8. The number of likely N-dealkylation sites (tertiary alicyclic amines) is 1. The van der Waals surface area contributed by atoms with E-state index in [-0.39, 0.29) is 17.7 Å².